The van der Waals surface area contributed by atoms with E-state index in [1.165, 1.54) is 6.92 Å². The van der Waals surface area contributed by atoms with E-state index in [4.69, 9.17) is 28.7 Å². The van der Waals surface area contributed by atoms with Gasteiger partial charge in [0.05, 0.1) is 31.7 Å². The van der Waals surface area contributed by atoms with E-state index in [0.717, 1.165) is 0 Å². The normalized spacial score (nSPS) is 15.3. The Morgan fingerprint density at radius 1 is 0.537 bits per heavy atom. The average Bonchev–Trinajstić information content (AvgIpc) is 3.05. The molecule has 0 fully saturated rings. The van der Waals surface area contributed by atoms with Crippen LogP contribution in [0.25, 0.3) is 0 Å². The molecule has 0 heterocycles. The van der Waals surface area contributed by atoms with E-state index in [9.17, 15) is 57.8 Å². The van der Waals surface area contributed by atoms with E-state index >= 15 is 0 Å². The molecule has 0 aromatic heterocycles. The fourth-order valence-corrected chi connectivity index (χ4v) is 4.70. The highest BCUT2D eigenvalue weighted by molar-refractivity contribution is 7.80. The number of aliphatic carboxylic acids is 1. The van der Waals surface area contributed by atoms with E-state index in [1.807, 2.05) is 0 Å². The van der Waals surface area contributed by atoms with Crippen LogP contribution in [-0.2, 0) is 52.7 Å². The van der Waals surface area contributed by atoms with Crippen LogP contribution < -0.4 is 60.6 Å². The van der Waals surface area contributed by atoms with Crippen molar-refractivity contribution in [1.29, 1.82) is 0 Å². The highest BCUT2D eigenvalue weighted by Gasteiger charge is 2.36. The monoisotopic (exact) mass is 789 g/mol. The van der Waals surface area contributed by atoms with Gasteiger partial charge in [-0.1, -0.05) is 34.1 Å². The highest BCUT2D eigenvalue weighted by atomic mass is 32.1. The number of carboxylic acid groups (broad SMARTS) is 1. The zero-order valence-electron chi connectivity index (χ0n) is 30.2. The SMILES string of the molecule is CC[C@H](C)[C@H](NC(=O)[C@H](CC(=O)O)NC(=O)[C@@H](N)C(C)C)C(=O)N[C@@H](CC(N)=O)C(=O)N[C@@H](CC(N)=O)C(=O)N[C@@H](CC(N)=O)C(=O)N[C@@H](CS)C(N)=O. The van der Waals surface area contributed by atoms with Gasteiger partial charge in [0.25, 0.3) is 0 Å². The van der Waals surface area contributed by atoms with Gasteiger partial charge in [0.2, 0.25) is 59.1 Å². The Morgan fingerprint density at radius 2 is 0.870 bits per heavy atom. The standard InChI is InChI=1S/C30H51N11O12S/c1-5-12(4)23(41-28(51)16(9-21(45)46)38-29(52)22(34)11(2)3)30(53)39-15(8-20(33)44)26(49)36-13(6-18(31)42)25(48)37-14(7-19(32)43)27(50)40-17(10-54)24(35)47/h11-17,22-23,54H,5-10,34H2,1-4H3,(H2,31,42)(H2,32,43)(H2,33,44)(H2,35,47)(H,36,49)(H,37,48)(H,38,52)(H,39,53)(H,40,50)(H,41,51)(H,45,46)/t12-,13-,14-,15-,16-,17-,22-,23-/m0/s1. The fraction of sp³-hybridized carbons (Fsp3) is 0.633. The van der Waals surface area contributed by atoms with Gasteiger partial charge in [-0.05, 0) is 11.8 Å². The van der Waals surface area contributed by atoms with E-state index in [1.54, 1.807) is 20.8 Å². The van der Waals surface area contributed by atoms with Gasteiger partial charge in [-0.3, -0.25) is 52.7 Å². The van der Waals surface area contributed by atoms with E-state index < -0.39 is 139 Å². The molecule has 0 saturated carbocycles. The van der Waals surface area contributed by atoms with Crippen molar-refractivity contribution in [1.82, 2.24) is 31.9 Å². The van der Waals surface area contributed by atoms with E-state index in [2.05, 4.69) is 44.5 Å². The smallest absolute Gasteiger partial charge is 0.305 e. The van der Waals surface area contributed by atoms with Gasteiger partial charge < -0.3 is 65.7 Å². The van der Waals surface area contributed by atoms with Gasteiger partial charge in [0, 0.05) is 5.75 Å². The third-order valence-electron chi connectivity index (χ3n) is 7.78. The van der Waals surface area contributed by atoms with Gasteiger partial charge in [-0.15, -0.1) is 0 Å². The second-order valence-corrected chi connectivity index (χ2v) is 13.0. The number of carbonyl (C=O) groups is 11. The molecular formula is C30H51N11O12S. The summed E-state index contributed by atoms with van der Waals surface area (Å²) in [7, 11) is 0. The molecule has 54 heavy (non-hydrogen) atoms. The number of nitrogens with two attached hydrogens (primary N) is 5. The quantitative estimate of drug-likeness (QED) is 0.0383. The van der Waals surface area contributed by atoms with Crippen LogP contribution >= 0.6 is 12.6 Å². The fourth-order valence-electron chi connectivity index (χ4n) is 4.43. The van der Waals surface area contributed by atoms with Gasteiger partial charge >= 0.3 is 5.97 Å². The molecule has 0 aromatic rings. The maximum absolute atomic E-state index is 13.6. The summed E-state index contributed by atoms with van der Waals surface area (Å²) < 4.78 is 0. The number of hydrogen-bond donors (Lipinski definition) is 13. The minimum atomic E-state index is -1.90. The Morgan fingerprint density at radius 3 is 1.19 bits per heavy atom. The number of carbonyl (C=O) groups excluding carboxylic acids is 10. The number of primary amides is 4. The second-order valence-electron chi connectivity index (χ2n) is 12.6. The van der Waals surface area contributed by atoms with Crippen LogP contribution in [0.15, 0.2) is 0 Å². The van der Waals surface area contributed by atoms with Crippen LogP contribution in [0.3, 0.4) is 0 Å². The summed E-state index contributed by atoms with van der Waals surface area (Å²) in [4.78, 5) is 137. The molecule has 0 radical (unpaired) electrons. The lowest BCUT2D eigenvalue weighted by Gasteiger charge is -2.29. The molecule has 0 aliphatic heterocycles. The summed E-state index contributed by atoms with van der Waals surface area (Å²) in [5.41, 5.74) is 26.7. The zero-order chi connectivity index (χ0) is 42.0. The first-order valence-electron chi connectivity index (χ1n) is 16.5. The lowest BCUT2D eigenvalue weighted by Crippen LogP contribution is -2.61. The van der Waals surface area contributed by atoms with E-state index in [0.29, 0.717) is 0 Å². The molecule has 17 N–H and O–H groups in total. The maximum Gasteiger partial charge on any atom is 0.305 e. The predicted octanol–water partition coefficient (Wildman–Crippen LogP) is -6.56. The number of amides is 10. The van der Waals surface area contributed by atoms with Gasteiger partial charge in [-0.25, -0.2) is 0 Å². The summed E-state index contributed by atoms with van der Waals surface area (Å²) in [5, 5.41) is 22.5. The molecule has 0 aromatic carbocycles. The number of hydrogen-bond acceptors (Lipinski definition) is 13. The van der Waals surface area contributed by atoms with Gasteiger partial charge in [0.1, 0.15) is 36.3 Å². The maximum atomic E-state index is 13.6. The number of rotatable bonds is 25. The molecule has 0 rings (SSSR count). The topological polar surface area (TPSA) is 410 Å². The highest BCUT2D eigenvalue weighted by Crippen LogP contribution is 2.11. The van der Waals surface area contributed by atoms with Crippen molar-refractivity contribution in [2.45, 2.75) is 102 Å². The summed E-state index contributed by atoms with van der Waals surface area (Å²) >= 11 is 3.88. The average molecular weight is 790 g/mol. The zero-order valence-corrected chi connectivity index (χ0v) is 31.1. The summed E-state index contributed by atoms with van der Waals surface area (Å²) in [6, 6.07) is -11.1. The number of nitrogens with one attached hydrogen (secondary N) is 6. The van der Waals surface area contributed by atoms with E-state index in [-0.39, 0.29) is 18.1 Å². The molecule has 0 aliphatic carbocycles. The first-order chi connectivity index (χ1) is 24.9. The largest absolute Gasteiger partial charge is 0.481 e. The Kier molecular flexibility index (Phi) is 20.8. The lowest BCUT2D eigenvalue weighted by molar-refractivity contribution is -0.141. The molecular weight excluding hydrogens is 738 g/mol. The minimum Gasteiger partial charge on any atom is -0.481 e. The predicted molar refractivity (Wildman–Crippen MR) is 191 cm³/mol. The van der Waals surface area contributed by atoms with Crippen molar-refractivity contribution in [2.75, 3.05) is 5.75 Å². The molecule has 0 unspecified atom stereocenters. The van der Waals surface area contributed by atoms with Crippen molar-refractivity contribution in [2.24, 2.45) is 40.5 Å². The molecule has 24 heteroatoms. The summed E-state index contributed by atoms with van der Waals surface area (Å²) in [6.07, 6.45) is -3.29. The van der Waals surface area contributed by atoms with Crippen LogP contribution in [0.5, 0.6) is 0 Å². The molecule has 8 atom stereocenters. The Labute approximate surface area is 315 Å². The summed E-state index contributed by atoms with van der Waals surface area (Å²) in [5.74, 6) is -13.9. The third-order valence-corrected chi connectivity index (χ3v) is 8.15. The Balaban J connectivity index is 6.39. The molecule has 0 spiro atoms. The van der Waals surface area contributed by atoms with Gasteiger partial charge in [-0.2, -0.15) is 12.6 Å². The second kappa shape index (κ2) is 23.2. The first kappa shape index (κ1) is 48.5. The number of carboxylic acids is 1. The van der Waals surface area contributed by atoms with Crippen molar-refractivity contribution < 1.29 is 57.8 Å². The van der Waals surface area contributed by atoms with Crippen molar-refractivity contribution in [3.05, 3.63) is 0 Å². The molecule has 0 saturated heterocycles. The Bertz CT molecular complexity index is 1450. The van der Waals surface area contributed by atoms with Gasteiger partial charge in [0.15, 0.2) is 0 Å². The summed E-state index contributed by atoms with van der Waals surface area (Å²) in [6.45, 7) is 6.39. The van der Waals surface area contributed by atoms with Crippen LogP contribution in [0, 0.1) is 11.8 Å². The molecule has 304 valence electrons. The molecule has 23 nitrogen and oxygen atoms in total. The third kappa shape index (κ3) is 17.3. The molecule has 10 amide bonds. The molecule has 0 aliphatic rings. The van der Waals surface area contributed by atoms with Crippen LogP contribution in [0.1, 0.15) is 59.8 Å². The number of thiol groups is 1. The lowest BCUT2D eigenvalue weighted by atomic mass is 9.96. The van der Waals surface area contributed by atoms with Crippen LogP contribution in [0.4, 0.5) is 0 Å². The van der Waals surface area contributed by atoms with Crippen molar-refractivity contribution >= 4 is 77.7 Å². The Hall–Kier alpha value is -5.52. The minimum absolute atomic E-state index is 0.230. The molecule has 0 bridgehead atoms. The first-order valence-corrected chi connectivity index (χ1v) is 17.1. The van der Waals surface area contributed by atoms with Crippen LogP contribution in [0.2, 0.25) is 0 Å². The van der Waals surface area contributed by atoms with Crippen molar-refractivity contribution in [3.8, 4) is 0 Å². The van der Waals surface area contributed by atoms with Crippen LogP contribution in [-0.4, -0.2) is 118 Å². The van der Waals surface area contributed by atoms with Crippen molar-refractivity contribution in [3.63, 3.8) is 0 Å².